The molecule has 1 amide bonds. The number of nitrogens with two attached hydrogens (primary N) is 1. The van der Waals surface area contributed by atoms with Crippen LogP contribution in [0.2, 0.25) is 0 Å². The summed E-state index contributed by atoms with van der Waals surface area (Å²) in [6.07, 6.45) is 1.06. The molecule has 1 heterocycles. The van der Waals surface area contributed by atoms with Gasteiger partial charge in [0.05, 0.1) is 6.04 Å². The third-order valence-electron chi connectivity index (χ3n) is 3.70. The summed E-state index contributed by atoms with van der Waals surface area (Å²) in [5.74, 6) is 0.661. The van der Waals surface area contributed by atoms with Gasteiger partial charge >= 0.3 is 0 Å². The molecule has 0 radical (unpaired) electrons. The summed E-state index contributed by atoms with van der Waals surface area (Å²) < 4.78 is 0. The third-order valence-corrected chi connectivity index (χ3v) is 3.70. The zero-order chi connectivity index (χ0) is 14.3. The molecule has 0 aromatic heterocycles. The summed E-state index contributed by atoms with van der Waals surface area (Å²) in [6.45, 7) is 12.9. The Hall–Kier alpha value is -0.650. The quantitative estimate of drug-likeness (QED) is 0.689. The van der Waals surface area contributed by atoms with Crippen LogP contribution in [0, 0.1) is 5.92 Å². The Balaban J connectivity index is 2.27. The average Bonchev–Trinajstić information content (AvgIpc) is 2.42. The Bertz CT molecular complexity index is 262. The average molecular weight is 270 g/mol. The Morgan fingerprint density at radius 2 is 1.84 bits per heavy atom. The van der Waals surface area contributed by atoms with Crippen molar-refractivity contribution in [1.29, 1.82) is 0 Å². The molecule has 3 N–H and O–H groups in total. The molecule has 1 atom stereocenters. The van der Waals surface area contributed by atoms with Crippen molar-refractivity contribution < 1.29 is 4.79 Å². The molecule has 1 aliphatic rings. The van der Waals surface area contributed by atoms with E-state index >= 15 is 0 Å². The molecular formula is C14H30N4O. The first kappa shape index (κ1) is 16.4. The summed E-state index contributed by atoms with van der Waals surface area (Å²) in [5.41, 5.74) is 5.53. The van der Waals surface area contributed by atoms with Crippen LogP contribution in [0.4, 0.5) is 0 Å². The van der Waals surface area contributed by atoms with Gasteiger partial charge in [-0.25, -0.2) is 0 Å². The first-order valence-corrected chi connectivity index (χ1v) is 7.48. The van der Waals surface area contributed by atoms with E-state index in [9.17, 15) is 4.79 Å². The molecule has 0 spiro atoms. The van der Waals surface area contributed by atoms with E-state index in [4.69, 9.17) is 5.73 Å². The Morgan fingerprint density at radius 1 is 1.21 bits per heavy atom. The SMILES string of the molecule is CC(C)CNC(=O)C(C)N1CCN(CCCN)CC1. The van der Waals surface area contributed by atoms with Crippen molar-refractivity contribution in [3.63, 3.8) is 0 Å². The molecule has 0 saturated carbocycles. The first-order valence-electron chi connectivity index (χ1n) is 7.48. The lowest BCUT2D eigenvalue weighted by atomic mass is 10.2. The second-order valence-corrected chi connectivity index (χ2v) is 5.83. The van der Waals surface area contributed by atoms with Crippen LogP contribution in [0.15, 0.2) is 0 Å². The molecule has 1 aliphatic heterocycles. The number of carbonyl (C=O) groups excluding carboxylic acids is 1. The van der Waals surface area contributed by atoms with Crippen molar-refractivity contribution in [3.05, 3.63) is 0 Å². The zero-order valence-corrected chi connectivity index (χ0v) is 12.7. The van der Waals surface area contributed by atoms with E-state index in [1.54, 1.807) is 0 Å². The molecule has 1 fully saturated rings. The monoisotopic (exact) mass is 270 g/mol. The largest absolute Gasteiger partial charge is 0.354 e. The van der Waals surface area contributed by atoms with Crippen molar-refractivity contribution in [2.45, 2.75) is 33.2 Å². The van der Waals surface area contributed by atoms with Gasteiger partial charge in [0.2, 0.25) is 5.91 Å². The second-order valence-electron chi connectivity index (χ2n) is 5.83. The Kier molecular flexibility index (Phi) is 7.34. The summed E-state index contributed by atoms with van der Waals surface area (Å²) in [6, 6.07) is -0.0181. The summed E-state index contributed by atoms with van der Waals surface area (Å²) >= 11 is 0. The van der Waals surface area contributed by atoms with Crippen LogP contribution in [0.25, 0.3) is 0 Å². The number of rotatable bonds is 7. The van der Waals surface area contributed by atoms with E-state index in [0.29, 0.717) is 5.92 Å². The summed E-state index contributed by atoms with van der Waals surface area (Å²) in [5, 5.41) is 3.01. The van der Waals surface area contributed by atoms with Crippen molar-refractivity contribution in [2.24, 2.45) is 11.7 Å². The highest BCUT2D eigenvalue weighted by Gasteiger charge is 2.25. The maximum absolute atomic E-state index is 12.0. The van der Waals surface area contributed by atoms with E-state index < -0.39 is 0 Å². The topological polar surface area (TPSA) is 61.6 Å². The van der Waals surface area contributed by atoms with E-state index in [2.05, 4.69) is 29.0 Å². The number of hydrogen-bond acceptors (Lipinski definition) is 4. The molecule has 1 unspecified atom stereocenters. The van der Waals surface area contributed by atoms with E-state index in [1.165, 1.54) is 0 Å². The predicted molar refractivity (Wildman–Crippen MR) is 79.0 cm³/mol. The van der Waals surface area contributed by atoms with Gasteiger partial charge in [0, 0.05) is 32.7 Å². The van der Waals surface area contributed by atoms with Crippen LogP contribution in [0.1, 0.15) is 27.2 Å². The van der Waals surface area contributed by atoms with Crippen LogP contribution in [-0.2, 0) is 4.79 Å². The number of nitrogens with one attached hydrogen (secondary N) is 1. The molecule has 1 rings (SSSR count). The molecule has 0 aromatic carbocycles. The minimum atomic E-state index is -0.0181. The number of carbonyl (C=O) groups is 1. The molecule has 5 heteroatoms. The second kappa shape index (κ2) is 8.51. The van der Waals surface area contributed by atoms with Crippen molar-refractivity contribution >= 4 is 5.91 Å². The van der Waals surface area contributed by atoms with E-state index in [1.807, 2.05) is 6.92 Å². The van der Waals surface area contributed by atoms with Gasteiger partial charge in [0.1, 0.15) is 0 Å². The lowest BCUT2D eigenvalue weighted by Gasteiger charge is -2.37. The van der Waals surface area contributed by atoms with E-state index in [-0.39, 0.29) is 11.9 Å². The van der Waals surface area contributed by atoms with Crippen molar-refractivity contribution in [2.75, 3.05) is 45.8 Å². The van der Waals surface area contributed by atoms with Gasteiger partial charge in [-0.05, 0) is 32.4 Å². The minimum absolute atomic E-state index is 0.0181. The maximum atomic E-state index is 12.0. The number of hydrogen-bond donors (Lipinski definition) is 2. The van der Waals surface area contributed by atoms with Crippen LogP contribution in [0.3, 0.4) is 0 Å². The standard InChI is InChI=1S/C14H30N4O/c1-12(2)11-16-14(19)13(3)18-9-7-17(8-10-18)6-4-5-15/h12-13H,4-11,15H2,1-3H3,(H,16,19). The van der Waals surface area contributed by atoms with Crippen molar-refractivity contribution in [3.8, 4) is 0 Å². The number of nitrogens with zero attached hydrogens (tertiary/aromatic N) is 2. The normalized spacial score (nSPS) is 19.6. The van der Waals surface area contributed by atoms with Gasteiger partial charge < -0.3 is 16.0 Å². The highest BCUT2D eigenvalue weighted by Crippen LogP contribution is 2.07. The fraction of sp³-hybridized carbons (Fsp3) is 0.929. The van der Waals surface area contributed by atoms with Crippen LogP contribution < -0.4 is 11.1 Å². The third kappa shape index (κ3) is 5.89. The Labute approximate surface area is 117 Å². The molecule has 0 bridgehead atoms. The van der Waals surface area contributed by atoms with Gasteiger partial charge in [-0.2, -0.15) is 0 Å². The molecule has 1 saturated heterocycles. The molecule has 112 valence electrons. The summed E-state index contributed by atoms with van der Waals surface area (Å²) in [4.78, 5) is 16.7. The smallest absolute Gasteiger partial charge is 0.237 e. The fourth-order valence-corrected chi connectivity index (χ4v) is 2.31. The zero-order valence-electron chi connectivity index (χ0n) is 12.7. The first-order chi connectivity index (χ1) is 9.04. The van der Waals surface area contributed by atoms with Gasteiger partial charge in [-0.15, -0.1) is 0 Å². The molecule has 19 heavy (non-hydrogen) atoms. The number of amides is 1. The lowest BCUT2D eigenvalue weighted by molar-refractivity contribution is -0.126. The van der Waals surface area contributed by atoms with Gasteiger partial charge in [-0.1, -0.05) is 13.8 Å². The van der Waals surface area contributed by atoms with Crippen LogP contribution in [0.5, 0.6) is 0 Å². The molecule has 0 aliphatic carbocycles. The van der Waals surface area contributed by atoms with Gasteiger partial charge in [-0.3, -0.25) is 9.69 Å². The van der Waals surface area contributed by atoms with Gasteiger partial charge in [0.25, 0.3) is 0 Å². The summed E-state index contributed by atoms with van der Waals surface area (Å²) in [7, 11) is 0. The fourth-order valence-electron chi connectivity index (χ4n) is 2.31. The van der Waals surface area contributed by atoms with E-state index in [0.717, 1.165) is 52.2 Å². The van der Waals surface area contributed by atoms with Crippen LogP contribution in [-0.4, -0.2) is 67.6 Å². The predicted octanol–water partition coefficient (Wildman–Crippen LogP) is 0.114. The maximum Gasteiger partial charge on any atom is 0.237 e. The Morgan fingerprint density at radius 3 is 2.37 bits per heavy atom. The number of piperazine rings is 1. The highest BCUT2D eigenvalue weighted by atomic mass is 16.2. The minimum Gasteiger partial charge on any atom is -0.354 e. The highest BCUT2D eigenvalue weighted by molar-refractivity contribution is 5.81. The lowest BCUT2D eigenvalue weighted by Crippen LogP contribution is -2.54. The molecule has 0 aromatic rings. The molecule has 5 nitrogen and oxygen atoms in total. The molecular weight excluding hydrogens is 240 g/mol. The van der Waals surface area contributed by atoms with Crippen LogP contribution >= 0.6 is 0 Å². The van der Waals surface area contributed by atoms with Crippen molar-refractivity contribution in [1.82, 2.24) is 15.1 Å². The van der Waals surface area contributed by atoms with Gasteiger partial charge in [0.15, 0.2) is 0 Å².